The summed E-state index contributed by atoms with van der Waals surface area (Å²) >= 11 is 19.0. The lowest BCUT2D eigenvalue weighted by Crippen LogP contribution is -2.37. The number of halogens is 3. The monoisotopic (exact) mass is 773 g/mol. The van der Waals surface area contributed by atoms with E-state index in [0.717, 1.165) is 29.0 Å². The van der Waals surface area contributed by atoms with E-state index in [1.807, 2.05) is 25.1 Å². The van der Waals surface area contributed by atoms with Crippen molar-refractivity contribution < 1.29 is 19.1 Å². The Bertz CT molecular complexity index is 2100. The van der Waals surface area contributed by atoms with E-state index in [2.05, 4.69) is 74.4 Å². The van der Waals surface area contributed by atoms with Crippen molar-refractivity contribution in [2.45, 2.75) is 72.1 Å². The van der Waals surface area contributed by atoms with Crippen molar-refractivity contribution in [1.82, 2.24) is 5.32 Å². The van der Waals surface area contributed by atoms with Crippen LogP contribution < -0.4 is 20.4 Å². The molecule has 276 valence electrons. The molecule has 0 saturated heterocycles. The molecule has 0 aliphatic carbocycles. The van der Waals surface area contributed by atoms with Crippen LogP contribution >= 0.6 is 34.8 Å². The van der Waals surface area contributed by atoms with Crippen molar-refractivity contribution >= 4 is 81.1 Å². The minimum absolute atomic E-state index is 0.00133. The summed E-state index contributed by atoms with van der Waals surface area (Å²) in [5.74, 6) is -1.13. The van der Waals surface area contributed by atoms with Gasteiger partial charge in [0.2, 0.25) is 0 Å². The summed E-state index contributed by atoms with van der Waals surface area (Å²) < 4.78 is 6.09. The SMILES string of the molecule is CCC(C)(C)c1ccc(OCC(=O)Nc2cccc(C(=O)NC3=NN(c4c(Cl)cc(Cl)cc4Cl)C(=O)C3=Nc3ccc(C)cc3)c2)c(C(C)(C)CC)c1. The van der Waals surface area contributed by atoms with Crippen molar-refractivity contribution in [2.75, 3.05) is 16.9 Å². The maximum absolute atomic E-state index is 13.7. The van der Waals surface area contributed by atoms with Gasteiger partial charge in [0.05, 0.1) is 15.7 Å². The van der Waals surface area contributed by atoms with Crippen LogP contribution in [0.3, 0.4) is 0 Å². The van der Waals surface area contributed by atoms with E-state index >= 15 is 0 Å². The Morgan fingerprint density at radius 2 is 1.51 bits per heavy atom. The molecule has 3 amide bonds. The number of rotatable bonds is 11. The second kappa shape index (κ2) is 16.1. The Morgan fingerprint density at radius 3 is 2.15 bits per heavy atom. The van der Waals surface area contributed by atoms with Crippen LogP contribution in [0.2, 0.25) is 15.1 Å². The molecule has 1 heterocycles. The van der Waals surface area contributed by atoms with Gasteiger partial charge in [0.15, 0.2) is 18.2 Å². The molecule has 0 unspecified atom stereocenters. The van der Waals surface area contributed by atoms with Gasteiger partial charge in [0, 0.05) is 21.8 Å². The number of aliphatic imine (C=N–C) groups is 1. The van der Waals surface area contributed by atoms with Gasteiger partial charge in [0.1, 0.15) is 11.4 Å². The van der Waals surface area contributed by atoms with E-state index in [1.54, 1.807) is 30.3 Å². The number of nitrogens with one attached hydrogen (secondary N) is 2. The zero-order valence-electron chi connectivity index (χ0n) is 30.7. The highest BCUT2D eigenvalue weighted by molar-refractivity contribution is 6.72. The minimum Gasteiger partial charge on any atom is -0.483 e. The van der Waals surface area contributed by atoms with Gasteiger partial charge in [-0.15, -0.1) is 5.10 Å². The zero-order chi connectivity index (χ0) is 38.7. The van der Waals surface area contributed by atoms with E-state index in [0.29, 0.717) is 17.1 Å². The predicted molar refractivity (Wildman–Crippen MR) is 216 cm³/mol. The summed E-state index contributed by atoms with van der Waals surface area (Å²) in [6, 6.07) is 22.6. The molecule has 0 bridgehead atoms. The number of carbonyl (C=O) groups excluding carboxylic acids is 3. The van der Waals surface area contributed by atoms with Gasteiger partial charge in [-0.2, -0.15) is 5.01 Å². The molecule has 5 rings (SSSR count). The number of hydrogen-bond donors (Lipinski definition) is 2. The van der Waals surface area contributed by atoms with Crippen LogP contribution in [-0.4, -0.2) is 35.9 Å². The molecule has 0 aromatic heterocycles. The molecule has 1 aliphatic rings. The highest BCUT2D eigenvalue weighted by Gasteiger charge is 2.37. The number of aryl methyl sites for hydroxylation is 1. The third-order valence-electron chi connectivity index (χ3n) is 9.54. The van der Waals surface area contributed by atoms with Crippen LogP contribution in [0.5, 0.6) is 5.75 Å². The van der Waals surface area contributed by atoms with Gasteiger partial charge >= 0.3 is 5.91 Å². The first-order valence-corrected chi connectivity index (χ1v) is 18.4. The number of amides is 3. The summed E-state index contributed by atoms with van der Waals surface area (Å²) in [6.45, 7) is 14.8. The summed E-state index contributed by atoms with van der Waals surface area (Å²) in [5, 5.41) is 11.3. The lowest BCUT2D eigenvalue weighted by Gasteiger charge is -2.30. The number of hydrogen-bond acceptors (Lipinski definition) is 6. The predicted octanol–water partition coefficient (Wildman–Crippen LogP) is 10.2. The number of amidine groups is 1. The first-order chi connectivity index (χ1) is 25.0. The van der Waals surface area contributed by atoms with Crippen LogP contribution in [-0.2, 0) is 20.4 Å². The quantitative estimate of drug-likeness (QED) is 0.158. The van der Waals surface area contributed by atoms with E-state index < -0.39 is 17.7 Å². The van der Waals surface area contributed by atoms with Gasteiger partial charge in [0.25, 0.3) is 11.8 Å². The Kier molecular flexibility index (Phi) is 12.0. The first-order valence-electron chi connectivity index (χ1n) is 17.3. The largest absolute Gasteiger partial charge is 0.483 e. The summed E-state index contributed by atoms with van der Waals surface area (Å²) in [5.41, 5.74) is 4.08. The van der Waals surface area contributed by atoms with Crippen LogP contribution in [0, 0.1) is 6.92 Å². The van der Waals surface area contributed by atoms with Crippen molar-refractivity contribution in [3.05, 3.63) is 116 Å². The average Bonchev–Trinajstić information content (AvgIpc) is 3.40. The van der Waals surface area contributed by atoms with E-state index in [-0.39, 0.29) is 55.3 Å². The van der Waals surface area contributed by atoms with Crippen molar-refractivity contribution in [2.24, 2.45) is 10.1 Å². The first kappa shape index (κ1) is 39.5. The summed E-state index contributed by atoms with van der Waals surface area (Å²) in [7, 11) is 0. The molecular weight excluding hydrogens is 733 g/mol. The topological polar surface area (TPSA) is 112 Å². The Morgan fingerprint density at radius 1 is 0.849 bits per heavy atom. The Balaban J connectivity index is 1.35. The zero-order valence-corrected chi connectivity index (χ0v) is 33.0. The van der Waals surface area contributed by atoms with Gasteiger partial charge < -0.3 is 15.4 Å². The van der Waals surface area contributed by atoms with Crippen LogP contribution in [0.25, 0.3) is 0 Å². The van der Waals surface area contributed by atoms with E-state index in [9.17, 15) is 14.4 Å². The van der Waals surface area contributed by atoms with Gasteiger partial charge in [-0.3, -0.25) is 14.4 Å². The molecule has 0 saturated carbocycles. The number of ether oxygens (including phenoxy) is 1. The molecule has 0 atom stereocenters. The molecule has 53 heavy (non-hydrogen) atoms. The molecular formula is C41H42Cl3N5O4. The molecule has 1 aliphatic heterocycles. The number of nitrogens with zero attached hydrogens (tertiary/aromatic N) is 3. The van der Waals surface area contributed by atoms with Crippen LogP contribution in [0.1, 0.15) is 81.4 Å². The lowest BCUT2D eigenvalue weighted by molar-refractivity contribution is -0.118. The molecule has 4 aromatic rings. The van der Waals surface area contributed by atoms with Crippen LogP contribution in [0.4, 0.5) is 17.1 Å². The number of benzene rings is 4. The van der Waals surface area contributed by atoms with E-state index in [1.165, 1.54) is 23.8 Å². The maximum Gasteiger partial charge on any atom is 0.301 e. The molecule has 4 aromatic carbocycles. The fourth-order valence-electron chi connectivity index (χ4n) is 5.47. The van der Waals surface area contributed by atoms with Crippen molar-refractivity contribution in [1.29, 1.82) is 0 Å². The third-order valence-corrected chi connectivity index (χ3v) is 10.3. The van der Waals surface area contributed by atoms with Gasteiger partial charge in [-0.05, 0) is 84.7 Å². The molecule has 0 fully saturated rings. The minimum atomic E-state index is -0.665. The fourth-order valence-corrected chi connectivity index (χ4v) is 6.45. The summed E-state index contributed by atoms with van der Waals surface area (Å²) in [6.07, 6.45) is 1.87. The highest BCUT2D eigenvalue weighted by atomic mass is 35.5. The molecule has 2 N–H and O–H groups in total. The highest BCUT2D eigenvalue weighted by Crippen LogP contribution is 2.40. The second-order valence-corrected chi connectivity index (χ2v) is 15.4. The normalized spacial score (nSPS) is 14.0. The molecule has 0 radical (unpaired) electrons. The van der Waals surface area contributed by atoms with Crippen LogP contribution in [0.15, 0.2) is 89.0 Å². The second-order valence-electron chi connectivity index (χ2n) is 14.1. The van der Waals surface area contributed by atoms with Gasteiger partial charge in [-0.1, -0.05) is 112 Å². The lowest BCUT2D eigenvalue weighted by atomic mass is 9.76. The standard InChI is InChI=1S/C41H42Cl3N5O4/c1-8-40(4,5)26-15-18-33(30(20-26)41(6,7)9-2)53-23-34(50)45-29-12-10-11-25(19-29)38(51)47-37-35(46-28-16-13-24(3)14-17-28)39(52)49(48-37)36-31(43)21-27(42)22-32(36)44/h10-22H,8-9,23H2,1-7H3,(H,45,50)(H,47,48,51). The maximum atomic E-state index is 13.7. The number of hydrazone groups is 1. The molecule has 0 spiro atoms. The van der Waals surface area contributed by atoms with Gasteiger partial charge in [-0.25, -0.2) is 4.99 Å². The third kappa shape index (κ3) is 9.10. The molecule has 9 nitrogen and oxygen atoms in total. The Labute approximate surface area is 325 Å². The average molecular weight is 775 g/mol. The smallest absolute Gasteiger partial charge is 0.301 e. The number of carbonyl (C=O) groups is 3. The Hall–Kier alpha value is -4.70. The van der Waals surface area contributed by atoms with E-state index in [4.69, 9.17) is 39.5 Å². The number of anilines is 2. The fraction of sp³-hybridized carbons (Fsp3) is 0.293. The summed E-state index contributed by atoms with van der Waals surface area (Å²) in [4.78, 5) is 45.0. The molecule has 12 heteroatoms. The van der Waals surface area contributed by atoms with Crippen molar-refractivity contribution in [3.63, 3.8) is 0 Å². The van der Waals surface area contributed by atoms with Crippen molar-refractivity contribution in [3.8, 4) is 5.75 Å².